The molecule has 7 heteroatoms. The third kappa shape index (κ3) is 7.33. The highest BCUT2D eigenvalue weighted by atomic mass is 127. The summed E-state index contributed by atoms with van der Waals surface area (Å²) in [6.07, 6.45) is 7.18. The maximum absolute atomic E-state index is 4.73. The molecule has 2 N–H and O–H groups in total. The summed E-state index contributed by atoms with van der Waals surface area (Å²) in [6.45, 7) is 9.25. The van der Waals surface area contributed by atoms with Crippen LogP contribution < -0.4 is 15.5 Å². The molecule has 3 heterocycles. The van der Waals surface area contributed by atoms with E-state index in [-0.39, 0.29) is 24.0 Å². The quantitative estimate of drug-likeness (QED) is 0.351. The maximum atomic E-state index is 4.73. The van der Waals surface area contributed by atoms with Gasteiger partial charge in [0.15, 0.2) is 5.96 Å². The molecule has 2 aliphatic heterocycles. The van der Waals surface area contributed by atoms with Crippen LogP contribution in [-0.2, 0) is 6.54 Å². The number of nitrogens with one attached hydrogen (secondary N) is 2. The molecule has 3 rings (SSSR count). The Morgan fingerprint density at radius 1 is 1.26 bits per heavy atom. The molecule has 2 fully saturated rings. The zero-order valence-corrected chi connectivity index (χ0v) is 19.8. The highest BCUT2D eigenvalue weighted by Crippen LogP contribution is 2.25. The van der Waals surface area contributed by atoms with E-state index < -0.39 is 0 Å². The molecule has 152 valence electrons. The van der Waals surface area contributed by atoms with Crippen molar-refractivity contribution >= 4 is 47.5 Å². The molecule has 0 aliphatic carbocycles. The van der Waals surface area contributed by atoms with Gasteiger partial charge in [0.25, 0.3) is 0 Å². The van der Waals surface area contributed by atoms with Crippen molar-refractivity contribution in [3.63, 3.8) is 0 Å². The van der Waals surface area contributed by atoms with Gasteiger partial charge in [-0.1, -0.05) is 13.0 Å². The van der Waals surface area contributed by atoms with Crippen LogP contribution in [0.15, 0.2) is 23.3 Å². The van der Waals surface area contributed by atoms with Gasteiger partial charge in [0.2, 0.25) is 0 Å². The van der Waals surface area contributed by atoms with Gasteiger partial charge >= 0.3 is 0 Å². The summed E-state index contributed by atoms with van der Waals surface area (Å²) in [4.78, 5) is 11.8. The van der Waals surface area contributed by atoms with Gasteiger partial charge in [-0.3, -0.25) is 0 Å². The molecule has 0 spiro atoms. The molecule has 1 aromatic heterocycles. The average Bonchev–Trinajstić information content (AvgIpc) is 3.19. The first kappa shape index (κ1) is 22.6. The third-order valence-corrected chi connectivity index (χ3v) is 6.60. The Balaban J connectivity index is 0.00000261. The monoisotopic (exact) mass is 503 g/mol. The predicted molar refractivity (Wildman–Crippen MR) is 129 cm³/mol. The van der Waals surface area contributed by atoms with E-state index >= 15 is 0 Å². The van der Waals surface area contributed by atoms with Gasteiger partial charge in [-0.15, -0.1) is 24.0 Å². The van der Waals surface area contributed by atoms with E-state index in [1.807, 2.05) is 6.20 Å². The second kappa shape index (κ2) is 12.0. The predicted octanol–water partition coefficient (Wildman–Crippen LogP) is 3.89. The van der Waals surface area contributed by atoms with Crippen LogP contribution in [0.25, 0.3) is 0 Å². The molecule has 1 aromatic rings. The zero-order chi connectivity index (χ0) is 18.2. The van der Waals surface area contributed by atoms with Crippen LogP contribution in [0.1, 0.15) is 45.1 Å². The van der Waals surface area contributed by atoms with Gasteiger partial charge in [-0.05, 0) is 55.9 Å². The maximum Gasteiger partial charge on any atom is 0.191 e. The Labute approximate surface area is 185 Å². The van der Waals surface area contributed by atoms with E-state index in [1.165, 1.54) is 31.4 Å². The average molecular weight is 503 g/mol. The number of aromatic nitrogens is 1. The summed E-state index contributed by atoms with van der Waals surface area (Å²) in [7, 11) is 0. The van der Waals surface area contributed by atoms with Crippen molar-refractivity contribution in [2.75, 3.05) is 36.8 Å². The van der Waals surface area contributed by atoms with Crippen molar-refractivity contribution in [3.8, 4) is 0 Å². The molecule has 0 radical (unpaired) electrons. The van der Waals surface area contributed by atoms with E-state index in [9.17, 15) is 0 Å². The summed E-state index contributed by atoms with van der Waals surface area (Å²) in [5.41, 5.74) is 1.16. The number of thioether (sulfide) groups is 1. The van der Waals surface area contributed by atoms with Gasteiger partial charge in [0, 0.05) is 37.6 Å². The molecule has 0 saturated carbocycles. The molecule has 0 bridgehead atoms. The lowest BCUT2D eigenvalue weighted by Gasteiger charge is -2.31. The van der Waals surface area contributed by atoms with Crippen molar-refractivity contribution in [2.45, 2.75) is 51.3 Å². The Hall–Kier alpha value is -0.700. The van der Waals surface area contributed by atoms with Crippen LogP contribution >= 0.6 is 35.7 Å². The first-order chi connectivity index (χ1) is 12.7. The van der Waals surface area contributed by atoms with E-state index in [4.69, 9.17) is 4.99 Å². The largest absolute Gasteiger partial charge is 0.357 e. The SMILES string of the molecule is CCNC(=NCc1ccc(N2CCC(C)CC2)nc1)NCC1CCCS1.I. The molecule has 2 saturated heterocycles. The first-order valence-electron chi connectivity index (χ1n) is 10.1. The molecule has 0 aromatic carbocycles. The van der Waals surface area contributed by atoms with Crippen molar-refractivity contribution in [1.82, 2.24) is 15.6 Å². The van der Waals surface area contributed by atoms with Gasteiger partial charge in [-0.25, -0.2) is 9.98 Å². The molecular formula is C20H34IN5S. The summed E-state index contributed by atoms with van der Waals surface area (Å²) >= 11 is 2.07. The van der Waals surface area contributed by atoms with Crippen molar-refractivity contribution in [3.05, 3.63) is 23.9 Å². The van der Waals surface area contributed by atoms with E-state index in [2.05, 4.69) is 58.3 Å². The molecule has 1 atom stereocenters. The summed E-state index contributed by atoms with van der Waals surface area (Å²) < 4.78 is 0. The van der Waals surface area contributed by atoms with Gasteiger partial charge < -0.3 is 15.5 Å². The van der Waals surface area contributed by atoms with Crippen LogP contribution in [0.4, 0.5) is 5.82 Å². The fraction of sp³-hybridized carbons (Fsp3) is 0.700. The smallest absolute Gasteiger partial charge is 0.191 e. The molecule has 1 unspecified atom stereocenters. The van der Waals surface area contributed by atoms with Crippen molar-refractivity contribution < 1.29 is 0 Å². The van der Waals surface area contributed by atoms with Crippen LogP contribution in [-0.4, -0.2) is 48.1 Å². The van der Waals surface area contributed by atoms with E-state index in [0.29, 0.717) is 6.54 Å². The lowest BCUT2D eigenvalue weighted by atomic mass is 9.99. The number of piperidine rings is 1. The van der Waals surface area contributed by atoms with Crippen molar-refractivity contribution in [2.24, 2.45) is 10.9 Å². The molecule has 5 nitrogen and oxygen atoms in total. The second-order valence-electron chi connectivity index (χ2n) is 7.41. The highest BCUT2D eigenvalue weighted by Gasteiger charge is 2.17. The minimum atomic E-state index is 0. The molecule has 0 amide bonds. The number of hydrogen-bond donors (Lipinski definition) is 2. The first-order valence-corrected chi connectivity index (χ1v) is 11.1. The molecule has 2 aliphatic rings. The van der Waals surface area contributed by atoms with E-state index in [1.54, 1.807) is 0 Å². The summed E-state index contributed by atoms with van der Waals surface area (Å²) in [5.74, 6) is 4.16. The Morgan fingerprint density at radius 2 is 2.07 bits per heavy atom. The number of anilines is 1. The van der Waals surface area contributed by atoms with Crippen LogP contribution in [0.2, 0.25) is 0 Å². The normalized spacial score (nSPS) is 21.0. The summed E-state index contributed by atoms with van der Waals surface area (Å²) in [6, 6.07) is 4.32. The number of halogens is 1. The lowest BCUT2D eigenvalue weighted by molar-refractivity contribution is 0.436. The third-order valence-electron chi connectivity index (χ3n) is 5.20. The topological polar surface area (TPSA) is 52.6 Å². The standard InChI is InChI=1S/C20H33N5S.HI/c1-3-21-20(24-15-18-5-4-12-26-18)23-14-17-6-7-19(22-13-17)25-10-8-16(2)9-11-25;/h6-7,13,16,18H,3-5,8-12,14-15H2,1-2H3,(H2,21,23,24);1H. The van der Waals surface area contributed by atoms with Gasteiger partial charge in [0.1, 0.15) is 5.82 Å². The Bertz CT molecular complexity index is 566. The Morgan fingerprint density at radius 3 is 2.70 bits per heavy atom. The number of nitrogens with zero attached hydrogens (tertiary/aromatic N) is 3. The van der Waals surface area contributed by atoms with Gasteiger partial charge in [-0.2, -0.15) is 11.8 Å². The van der Waals surface area contributed by atoms with Crippen molar-refractivity contribution in [1.29, 1.82) is 0 Å². The highest BCUT2D eigenvalue weighted by molar-refractivity contribution is 14.0. The van der Waals surface area contributed by atoms with Gasteiger partial charge in [0.05, 0.1) is 6.54 Å². The number of guanidine groups is 1. The number of hydrogen-bond acceptors (Lipinski definition) is 4. The lowest BCUT2D eigenvalue weighted by Crippen LogP contribution is -2.40. The second-order valence-corrected chi connectivity index (χ2v) is 8.81. The number of aliphatic imine (C=N–C) groups is 1. The number of pyridine rings is 1. The fourth-order valence-corrected chi connectivity index (χ4v) is 4.66. The molecule has 27 heavy (non-hydrogen) atoms. The Kier molecular flexibility index (Phi) is 10.0. The van der Waals surface area contributed by atoms with Crippen LogP contribution in [0.5, 0.6) is 0 Å². The van der Waals surface area contributed by atoms with Crippen LogP contribution in [0, 0.1) is 5.92 Å². The minimum absolute atomic E-state index is 0. The molecular weight excluding hydrogens is 469 g/mol. The zero-order valence-electron chi connectivity index (χ0n) is 16.6. The van der Waals surface area contributed by atoms with Crippen LogP contribution in [0.3, 0.4) is 0 Å². The fourth-order valence-electron chi connectivity index (χ4n) is 3.46. The minimum Gasteiger partial charge on any atom is -0.357 e. The number of rotatable bonds is 6. The van der Waals surface area contributed by atoms with E-state index in [0.717, 1.165) is 54.7 Å². The summed E-state index contributed by atoms with van der Waals surface area (Å²) in [5, 5.41) is 7.56.